The quantitative estimate of drug-likeness (QED) is 0.714. The maximum atomic E-state index is 12.6. The fourth-order valence-electron chi connectivity index (χ4n) is 2.71. The van der Waals surface area contributed by atoms with Crippen molar-refractivity contribution in [1.82, 2.24) is 4.90 Å². The van der Waals surface area contributed by atoms with E-state index < -0.39 is 6.61 Å². The molecule has 1 amide bonds. The predicted octanol–water partition coefficient (Wildman–Crippen LogP) is 4.07. The van der Waals surface area contributed by atoms with Gasteiger partial charge in [0.2, 0.25) is 0 Å². The minimum atomic E-state index is -2.93. The topological polar surface area (TPSA) is 29.5 Å². The molecule has 1 fully saturated rings. The van der Waals surface area contributed by atoms with Crippen LogP contribution in [0.3, 0.4) is 0 Å². The second-order valence-electron chi connectivity index (χ2n) is 5.00. The lowest BCUT2D eigenvalue weighted by atomic mass is 10.1. The van der Waals surface area contributed by atoms with Crippen molar-refractivity contribution in [2.75, 3.05) is 11.9 Å². The van der Waals surface area contributed by atoms with E-state index >= 15 is 0 Å². The van der Waals surface area contributed by atoms with Crippen LogP contribution in [0.2, 0.25) is 0 Å². The molecule has 0 aliphatic carbocycles. The number of carbonyl (C=O) groups is 1. The van der Waals surface area contributed by atoms with Crippen LogP contribution >= 0.6 is 15.9 Å². The fraction of sp³-hybridized carbons (Fsp3) is 0.533. The Morgan fingerprint density at radius 3 is 2.90 bits per heavy atom. The maximum absolute atomic E-state index is 12.6. The Labute approximate surface area is 131 Å². The van der Waals surface area contributed by atoms with Crippen molar-refractivity contribution in [1.29, 1.82) is 0 Å². The average molecular weight is 362 g/mol. The molecule has 0 spiro atoms. The number of rotatable bonds is 6. The van der Waals surface area contributed by atoms with Crippen LogP contribution in [0, 0.1) is 0 Å². The van der Waals surface area contributed by atoms with Crippen molar-refractivity contribution in [3.63, 3.8) is 0 Å². The van der Waals surface area contributed by atoms with Crippen LogP contribution < -0.4 is 4.74 Å². The molecule has 1 heterocycles. The Balaban J connectivity index is 2.15. The van der Waals surface area contributed by atoms with Gasteiger partial charge >= 0.3 is 6.61 Å². The summed E-state index contributed by atoms with van der Waals surface area (Å²) in [5, 5.41) is 0.899. The Bertz CT molecular complexity index is 484. The highest BCUT2D eigenvalue weighted by Crippen LogP contribution is 2.28. The Morgan fingerprint density at radius 2 is 2.19 bits per heavy atom. The normalized spacial score (nSPS) is 18.3. The number of benzene rings is 1. The van der Waals surface area contributed by atoms with Crippen molar-refractivity contribution >= 4 is 21.8 Å². The van der Waals surface area contributed by atoms with Crippen molar-refractivity contribution in [3.8, 4) is 5.75 Å². The first-order chi connectivity index (χ1) is 10.1. The summed E-state index contributed by atoms with van der Waals surface area (Å²) in [7, 11) is 0. The number of hydrogen-bond donors (Lipinski definition) is 0. The van der Waals surface area contributed by atoms with Crippen molar-refractivity contribution in [3.05, 3.63) is 29.8 Å². The summed E-state index contributed by atoms with van der Waals surface area (Å²) < 4.78 is 29.3. The largest absolute Gasteiger partial charge is 0.434 e. The van der Waals surface area contributed by atoms with Gasteiger partial charge in [0.1, 0.15) is 5.75 Å². The molecule has 3 nitrogen and oxygen atoms in total. The van der Waals surface area contributed by atoms with Gasteiger partial charge in [0.25, 0.3) is 5.91 Å². The van der Waals surface area contributed by atoms with E-state index in [1.807, 2.05) is 0 Å². The zero-order valence-corrected chi connectivity index (χ0v) is 13.2. The van der Waals surface area contributed by atoms with E-state index in [2.05, 4.69) is 20.7 Å². The molecule has 6 heteroatoms. The van der Waals surface area contributed by atoms with E-state index in [0.29, 0.717) is 6.54 Å². The van der Waals surface area contributed by atoms with Gasteiger partial charge in [-0.3, -0.25) is 4.79 Å². The number of amides is 1. The third-order valence-electron chi connectivity index (χ3n) is 3.64. The van der Waals surface area contributed by atoms with Gasteiger partial charge in [0.15, 0.2) is 0 Å². The SMILES string of the molecule is O=C(c1ccccc1OC(F)F)N1CCCC1CCCBr. The highest BCUT2D eigenvalue weighted by atomic mass is 79.9. The molecule has 0 radical (unpaired) electrons. The molecular weight excluding hydrogens is 344 g/mol. The van der Waals surface area contributed by atoms with Gasteiger partial charge < -0.3 is 9.64 Å². The molecule has 116 valence electrons. The minimum Gasteiger partial charge on any atom is -0.434 e. The van der Waals surface area contributed by atoms with E-state index in [-0.39, 0.29) is 23.3 Å². The van der Waals surface area contributed by atoms with Crippen molar-refractivity contribution in [2.24, 2.45) is 0 Å². The number of likely N-dealkylation sites (tertiary alicyclic amines) is 1. The standard InChI is InChI=1S/C15H18BrF2NO2/c16-9-3-5-11-6-4-10-19(11)14(20)12-7-1-2-8-13(12)21-15(17)18/h1-2,7-8,11,15H,3-6,9-10H2. The van der Waals surface area contributed by atoms with Gasteiger partial charge in [-0.2, -0.15) is 8.78 Å². The van der Waals surface area contributed by atoms with Crippen LogP contribution in [0.15, 0.2) is 24.3 Å². The van der Waals surface area contributed by atoms with Gasteiger partial charge in [-0.05, 0) is 37.8 Å². The molecule has 1 saturated heterocycles. The highest BCUT2D eigenvalue weighted by molar-refractivity contribution is 9.09. The van der Waals surface area contributed by atoms with Gasteiger partial charge in [-0.15, -0.1) is 0 Å². The lowest BCUT2D eigenvalue weighted by Crippen LogP contribution is -2.35. The molecule has 0 bridgehead atoms. The van der Waals surface area contributed by atoms with Gasteiger partial charge in [-0.25, -0.2) is 0 Å². The van der Waals surface area contributed by atoms with Crippen molar-refractivity contribution in [2.45, 2.75) is 38.3 Å². The third kappa shape index (κ3) is 4.15. The number of halogens is 3. The van der Waals surface area contributed by atoms with E-state index in [1.54, 1.807) is 23.1 Å². The lowest BCUT2D eigenvalue weighted by molar-refractivity contribution is -0.0502. The van der Waals surface area contributed by atoms with Crippen LogP contribution in [0.1, 0.15) is 36.0 Å². The Morgan fingerprint density at radius 1 is 1.43 bits per heavy atom. The summed E-state index contributed by atoms with van der Waals surface area (Å²) in [5.41, 5.74) is 0.212. The van der Waals surface area contributed by atoms with Crippen molar-refractivity contribution < 1.29 is 18.3 Å². The molecule has 0 N–H and O–H groups in total. The van der Waals surface area contributed by atoms with Crippen LogP contribution in [0.5, 0.6) is 5.75 Å². The first-order valence-electron chi connectivity index (χ1n) is 7.04. The molecule has 1 atom stereocenters. The Kier molecular flexibility index (Phi) is 5.96. The van der Waals surface area contributed by atoms with Gasteiger partial charge in [0.05, 0.1) is 5.56 Å². The van der Waals surface area contributed by atoms with Crippen LogP contribution in [0.4, 0.5) is 8.78 Å². The van der Waals surface area contributed by atoms with E-state index in [0.717, 1.165) is 31.0 Å². The van der Waals surface area contributed by atoms with Crippen LogP contribution in [-0.4, -0.2) is 35.3 Å². The summed E-state index contributed by atoms with van der Waals surface area (Å²) in [5.74, 6) is -0.271. The Hall–Kier alpha value is -1.17. The van der Waals surface area contributed by atoms with E-state index in [1.165, 1.54) is 6.07 Å². The molecular formula is C15H18BrF2NO2. The summed E-state index contributed by atoms with van der Waals surface area (Å²) in [4.78, 5) is 14.4. The average Bonchev–Trinajstić information content (AvgIpc) is 2.92. The molecule has 21 heavy (non-hydrogen) atoms. The maximum Gasteiger partial charge on any atom is 0.387 e. The molecule has 2 rings (SSSR count). The molecule has 1 aromatic rings. The smallest absolute Gasteiger partial charge is 0.387 e. The van der Waals surface area contributed by atoms with Crippen LogP contribution in [-0.2, 0) is 0 Å². The zero-order valence-electron chi connectivity index (χ0n) is 11.6. The summed E-state index contributed by atoms with van der Waals surface area (Å²) in [6.07, 6.45) is 3.84. The summed E-state index contributed by atoms with van der Waals surface area (Å²) >= 11 is 3.39. The monoisotopic (exact) mass is 361 g/mol. The molecule has 0 aromatic heterocycles. The second kappa shape index (κ2) is 7.73. The first-order valence-corrected chi connectivity index (χ1v) is 8.16. The third-order valence-corrected chi connectivity index (χ3v) is 4.20. The number of hydrogen-bond acceptors (Lipinski definition) is 2. The molecule has 1 aliphatic heterocycles. The predicted molar refractivity (Wildman–Crippen MR) is 80.2 cm³/mol. The van der Waals surface area contributed by atoms with Crippen LogP contribution in [0.25, 0.3) is 0 Å². The molecule has 1 aromatic carbocycles. The van der Waals surface area contributed by atoms with Gasteiger partial charge in [-0.1, -0.05) is 28.1 Å². The number of para-hydroxylation sites is 1. The molecule has 0 saturated carbocycles. The summed E-state index contributed by atoms with van der Waals surface area (Å²) in [6, 6.07) is 6.38. The number of alkyl halides is 3. The van der Waals surface area contributed by atoms with Gasteiger partial charge in [0, 0.05) is 17.9 Å². The number of carbonyl (C=O) groups excluding carboxylic acids is 1. The lowest BCUT2D eigenvalue weighted by Gasteiger charge is -2.25. The second-order valence-corrected chi connectivity index (χ2v) is 5.79. The molecule has 1 unspecified atom stereocenters. The highest BCUT2D eigenvalue weighted by Gasteiger charge is 2.30. The minimum absolute atomic E-state index is 0.0522. The van der Waals surface area contributed by atoms with E-state index in [9.17, 15) is 13.6 Å². The zero-order chi connectivity index (χ0) is 15.2. The molecule has 1 aliphatic rings. The number of ether oxygens (including phenoxy) is 1. The number of nitrogens with zero attached hydrogens (tertiary/aromatic N) is 1. The first kappa shape index (κ1) is 16.2. The fourth-order valence-corrected chi connectivity index (χ4v) is 3.04. The van der Waals surface area contributed by atoms with E-state index in [4.69, 9.17) is 0 Å². The summed E-state index contributed by atoms with van der Waals surface area (Å²) in [6.45, 7) is -2.25.